The molecule has 2 rings (SSSR count). The number of aromatic nitrogens is 2. The zero-order chi connectivity index (χ0) is 12.1. The van der Waals surface area contributed by atoms with Crippen LogP contribution in [0.15, 0.2) is 12.1 Å². The third-order valence-corrected chi connectivity index (χ3v) is 2.61. The average Bonchev–Trinajstić information content (AvgIpc) is 2.40. The van der Waals surface area contributed by atoms with E-state index in [1.807, 2.05) is 11.5 Å². The van der Waals surface area contributed by atoms with Crippen LogP contribution in [0.2, 0.25) is 0 Å². The minimum absolute atomic E-state index is 0.124. The van der Waals surface area contributed by atoms with Gasteiger partial charge >= 0.3 is 0 Å². The van der Waals surface area contributed by atoms with E-state index in [4.69, 9.17) is 5.73 Å². The van der Waals surface area contributed by atoms with Gasteiger partial charge in [0.25, 0.3) is 0 Å². The molecule has 1 aromatic heterocycles. The van der Waals surface area contributed by atoms with Gasteiger partial charge in [0.15, 0.2) is 0 Å². The summed E-state index contributed by atoms with van der Waals surface area (Å²) in [7, 11) is 0. The van der Waals surface area contributed by atoms with E-state index >= 15 is 0 Å². The van der Waals surface area contributed by atoms with E-state index in [1.165, 1.54) is 6.07 Å². The predicted octanol–water partition coefficient (Wildman–Crippen LogP) is 2.82. The van der Waals surface area contributed by atoms with E-state index in [9.17, 15) is 4.39 Å². The molecule has 0 aliphatic heterocycles. The number of anilines is 1. The number of fused-ring (bicyclic) bond motifs is 1. The van der Waals surface area contributed by atoms with E-state index in [-0.39, 0.29) is 11.2 Å². The number of hydrogen-bond donors (Lipinski definition) is 1. The Morgan fingerprint density at radius 1 is 1.31 bits per heavy atom. The summed E-state index contributed by atoms with van der Waals surface area (Å²) >= 11 is 0. The van der Waals surface area contributed by atoms with Crippen molar-refractivity contribution >= 4 is 16.7 Å². The van der Waals surface area contributed by atoms with Crippen molar-refractivity contribution in [1.29, 1.82) is 0 Å². The normalized spacial score (nSPS) is 12.3. The Kier molecular flexibility index (Phi) is 2.19. The first-order chi connectivity index (χ1) is 7.30. The topological polar surface area (TPSA) is 43.8 Å². The second kappa shape index (κ2) is 3.20. The molecule has 2 N–H and O–H groups in total. The first-order valence-corrected chi connectivity index (χ1v) is 5.25. The van der Waals surface area contributed by atoms with Gasteiger partial charge in [0.1, 0.15) is 11.6 Å². The second-order valence-corrected chi connectivity index (χ2v) is 5.03. The van der Waals surface area contributed by atoms with Crippen LogP contribution in [0.1, 0.15) is 26.6 Å². The van der Waals surface area contributed by atoms with Crippen molar-refractivity contribution in [3.05, 3.63) is 23.8 Å². The van der Waals surface area contributed by atoms with Crippen molar-refractivity contribution in [2.45, 2.75) is 33.2 Å². The summed E-state index contributed by atoms with van der Waals surface area (Å²) < 4.78 is 15.5. The molecule has 0 fully saturated rings. The highest BCUT2D eigenvalue weighted by molar-refractivity contribution is 5.80. The Bertz CT molecular complexity index is 549. The van der Waals surface area contributed by atoms with Crippen LogP contribution in [0.4, 0.5) is 10.1 Å². The lowest BCUT2D eigenvalue weighted by Gasteiger charge is -2.23. The molecule has 0 unspecified atom stereocenters. The standard InChI is InChI=1S/C12H16FN3/c1-7-15-10-6-9(14)8(13)5-11(10)16(7)12(2,3)4/h5-6H,14H2,1-4H3. The van der Waals surface area contributed by atoms with Crippen LogP contribution in [0.5, 0.6) is 0 Å². The number of nitrogen functional groups attached to an aromatic ring is 1. The smallest absolute Gasteiger partial charge is 0.148 e. The van der Waals surface area contributed by atoms with Gasteiger partial charge in [-0.2, -0.15) is 0 Å². The number of aryl methyl sites for hydroxylation is 1. The average molecular weight is 221 g/mol. The molecule has 86 valence electrons. The first kappa shape index (κ1) is 10.9. The molecule has 4 heteroatoms. The molecule has 0 atom stereocenters. The number of rotatable bonds is 0. The Morgan fingerprint density at radius 2 is 1.94 bits per heavy atom. The zero-order valence-electron chi connectivity index (χ0n) is 10.0. The maximum atomic E-state index is 13.5. The lowest BCUT2D eigenvalue weighted by Crippen LogP contribution is -2.22. The van der Waals surface area contributed by atoms with E-state index in [0.29, 0.717) is 0 Å². The molecular formula is C12H16FN3. The van der Waals surface area contributed by atoms with Crippen molar-refractivity contribution in [3.63, 3.8) is 0 Å². The number of benzene rings is 1. The number of halogens is 1. The molecule has 0 saturated heterocycles. The van der Waals surface area contributed by atoms with Gasteiger partial charge in [-0.3, -0.25) is 0 Å². The Labute approximate surface area is 94.1 Å². The van der Waals surface area contributed by atoms with Gasteiger partial charge in [0.05, 0.1) is 16.7 Å². The van der Waals surface area contributed by atoms with Gasteiger partial charge in [0, 0.05) is 11.6 Å². The maximum absolute atomic E-state index is 13.5. The minimum Gasteiger partial charge on any atom is -0.396 e. The zero-order valence-corrected chi connectivity index (χ0v) is 10.0. The highest BCUT2D eigenvalue weighted by Gasteiger charge is 2.20. The summed E-state index contributed by atoms with van der Waals surface area (Å²) in [5.41, 5.74) is 7.08. The monoisotopic (exact) mass is 221 g/mol. The summed E-state index contributed by atoms with van der Waals surface area (Å²) in [5, 5.41) is 0. The van der Waals surface area contributed by atoms with Crippen LogP contribution >= 0.6 is 0 Å². The van der Waals surface area contributed by atoms with E-state index in [2.05, 4.69) is 25.8 Å². The molecular weight excluding hydrogens is 205 g/mol. The minimum atomic E-state index is -0.391. The predicted molar refractivity (Wildman–Crippen MR) is 63.8 cm³/mol. The highest BCUT2D eigenvalue weighted by Crippen LogP contribution is 2.27. The molecule has 0 aliphatic rings. The van der Waals surface area contributed by atoms with Gasteiger partial charge in [0.2, 0.25) is 0 Å². The maximum Gasteiger partial charge on any atom is 0.148 e. The van der Waals surface area contributed by atoms with E-state index in [0.717, 1.165) is 16.9 Å². The molecule has 3 nitrogen and oxygen atoms in total. The van der Waals surface area contributed by atoms with Gasteiger partial charge in [-0.05, 0) is 33.8 Å². The SMILES string of the molecule is Cc1nc2cc(N)c(F)cc2n1C(C)(C)C. The Balaban J connectivity index is 2.84. The third-order valence-electron chi connectivity index (χ3n) is 2.61. The molecule has 0 spiro atoms. The molecule has 0 amide bonds. The van der Waals surface area contributed by atoms with Crippen molar-refractivity contribution in [2.24, 2.45) is 0 Å². The number of imidazole rings is 1. The van der Waals surface area contributed by atoms with Crippen LogP contribution in [0.3, 0.4) is 0 Å². The molecule has 0 saturated carbocycles. The molecule has 0 bridgehead atoms. The van der Waals surface area contributed by atoms with E-state index in [1.54, 1.807) is 6.07 Å². The lowest BCUT2D eigenvalue weighted by atomic mass is 10.1. The number of hydrogen-bond acceptors (Lipinski definition) is 2. The molecule has 16 heavy (non-hydrogen) atoms. The van der Waals surface area contributed by atoms with E-state index < -0.39 is 5.82 Å². The quantitative estimate of drug-likeness (QED) is 0.695. The van der Waals surface area contributed by atoms with Crippen LogP contribution in [-0.4, -0.2) is 9.55 Å². The summed E-state index contributed by atoms with van der Waals surface area (Å²) in [6, 6.07) is 3.04. The fourth-order valence-electron chi connectivity index (χ4n) is 2.08. The summed E-state index contributed by atoms with van der Waals surface area (Å²) in [4.78, 5) is 4.40. The van der Waals surface area contributed by atoms with Crippen LogP contribution in [-0.2, 0) is 5.54 Å². The largest absolute Gasteiger partial charge is 0.396 e. The van der Waals surface area contributed by atoms with Crippen molar-refractivity contribution in [1.82, 2.24) is 9.55 Å². The van der Waals surface area contributed by atoms with Gasteiger partial charge in [-0.25, -0.2) is 9.37 Å². The van der Waals surface area contributed by atoms with Crippen LogP contribution in [0.25, 0.3) is 11.0 Å². The Morgan fingerprint density at radius 3 is 2.50 bits per heavy atom. The molecule has 1 heterocycles. The first-order valence-electron chi connectivity index (χ1n) is 5.25. The second-order valence-electron chi connectivity index (χ2n) is 5.03. The molecule has 0 radical (unpaired) electrons. The van der Waals surface area contributed by atoms with Crippen LogP contribution in [0, 0.1) is 12.7 Å². The lowest BCUT2D eigenvalue weighted by molar-refractivity contribution is 0.399. The number of nitrogens with two attached hydrogens (primary N) is 1. The van der Waals surface area contributed by atoms with Gasteiger partial charge < -0.3 is 10.3 Å². The summed E-state index contributed by atoms with van der Waals surface area (Å²) in [5.74, 6) is 0.477. The third kappa shape index (κ3) is 1.54. The molecule has 2 aromatic rings. The number of nitrogens with zero attached hydrogens (tertiary/aromatic N) is 2. The van der Waals surface area contributed by atoms with Crippen molar-refractivity contribution in [2.75, 3.05) is 5.73 Å². The van der Waals surface area contributed by atoms with Gasteiger partial charge in [-0.15, -0.1) is 0 Å². The fourth-order valence-corrected chi connectivity index (χ4v) is 2.08. The summed E-state index contributed by atoms with van der Waals surface area (Å²) in [6.07, 6.45) is 0. The molecule has 1 aromatic carbocycles. The Hall–Kier alpha value is -1.58. The summed E-state index contributed by atoms with van der Waals surface area (Å²) in [6.45, 7) is 8.11. The highest BCUT2D eigenvalue weighted by atomic mass is 19.1. The van der Waals surface area contributed by atoms with Crippen LogP contribution < -0.4 is 5.73 Å². The molecule has 0 aliphatic carbocycles. The van der Waals surface area contributed by atoms with Gasteiger partial charge in [-0.1, -0.05) is 0 Å². The van der Waals surface area contributed by atoms with Crippen molar-refractivity contribution in [3.8, 4) is 0 Å². The fraction of sp³-hybridized carbons (Fsp3) is 0.417. The van der Waals surface area contributed by atoms with Crippen molar-refractivity contribution < 1.29 is 4.39 Å².